The number of benzene rings is 3. The van der Waals surface area contributed by atoms with Crippen LogP contribution in [0, 0.1) is 0 Å². The van der Waals surface area contributed by atoms with E-state index in [2.05, 4.69) is 0 Å². The first-order valence-corrected chi connectivity index (χ1v) is 9.64. The summed E-state index contributed by atoms with van der Waals surface area (Å²) in [6.07, 6.45) is 0. The standard InChI is InChI=1S/C24H17ClO6/c1-28-21-9-5-15(11-23(21)29-2)24(27)30-17-8-10-20-18(12-17)19(26)13-22(31-20)14-3-6-16(25)7-4-14/h3-13H,1-2H3. The van der Waals surface area contributed by atoms with Crippen molar-refractivity contribution >= 4 is 28.5 Å². The third-order valence-corrected chi connectivity index (χ3v) is 4.91. The summed E-state index contributed by atoms with van der Waals surface area (Å²) in [6, 6.07) is 17.7. The van der Waals surface area contributed by atoms with E-state index in [1.807, 2.05) is 0 Å². The van der Waals surface area contributed by atoms with Crippen LogP contribution in [0.2, 0.25) is 5.02 Å². The molecule has 0 aliphatic carbocycles. The van der Waals surface area contributed by atoms with Crippen LogP contribution in [0.4, 0.5) is 0 Å². The van der Waals surface area contributed by atoms with Gasteiger partial charge in [-0.25, -0.2) is 4.79 Å². The molecule has 0 fully saturated rings. The van der Waals surface area contributed by atoms with E-state index in [0.29, 0.717) is 33.3 Å². The normalized spacial score (nSPS) is 10.7. The van der Waals surface area contributed by atoms with Crippen molar-refractivity contribution in [3.63, 3.8) is 0 Å². The molecule has 31 heavy (non-hydrogen) atoms. The molecule has 1 aromatic heterocycles. The van der Waals surface area contributed by atoms with E-state index < -0.39 is 5.97 Å². The zero-order valence-corrected chi connectivity index (χ0v) is 17.4. The molecule has 0 atom stereocenters. The van der Waals surface area contributed by atoms with Crippen LogP contribution in [0.5, 0.6) is 17.2 Å². The molecule has 156 valence electrons. The van der Waals surface area contributed by atoms with Gasteiger partial charge < -0.3 is 18.6 Å². The summed E-state index contributed by atoms with van der Waals surface area (Å²) in [5, 5.41) is 0.892. The molecule has 0 radical (unpaired) electrons. The molecule has 0 amide bonds. The van der Waals surface area contributed by atoms with Gasteiger partial charge in [-0.3, -0.25) is 4.79 Å². The topological polar surface area (TPSA) is 75.0 Å². The summed E-state index contributed by atoms with van der Waals surface area (Å²) in [6.45, 7) is 0. The summed E-state index contributed by atoms with van der Waals surface area (Å²) in [5.74, 6) is 0.954. The number of methoxy groups -OCH3 is 2. The van der Waals surface area contributed by atoms with E-state index in [-0.39, 0.29) is 16.7 Å². The molecule has 0 saturated carbocycles. The van der Waals surface area contributed by atoms with Crippen LogP contribution in [-0.4, -0.2) is 20.2 Å². The van der Waals surface area contributed by atoms with E-state index >= 15 is 0 Å². The summed E-state index contributed by atoms with van der Waals surface area (Å²) in [7, 11) is 2.99. The van der Waals surface area contributed by atoms with Crippen molar-refractivity contribution < 1.29 is 23.4 Å². The number of esters is 1. The highest BCUT2D eigenvalue weighted by Crippen LogP contribution is 2.29. The van der Waals surface area contributed by atoms with Crippen LogP contribution in [-0.2, 0) is 0 Å². The molecule has 0 saturated heterocycles. The highest BCUT2D eigenvalue weighted by atomic mass is 35.5. The number of carbonyl (C=O) groups is 1. The van der Waals surface area contributed by atoms with E-state index in [1.165, 1.54) is 32.4 Å². The lowest BCUT2D eigenvalue weighted by Crippen LogP contribution is -2.09. The largest absolute Gasteiger partial charge is 0.493 e. The molecule has 6 nitrogen and oxygen atoms in total. The molecular weight excluding hydrogens is 420 g/mol. The number of carbonyl (C=O) groups excluding carboxylic acids is 1. The fourth-order valence-corrected chi connectivity index (χ4v) is 3.21. The fourth-order valence-electron chi connectivity index (χ4n) is 3.08. The van der Waals surface area contributed by atoms with Gasteiger partial charge in [0.1, 0.15) is 17.1 Å². The Morgan fingerprint density at radius 3 is 2.32 bits per heavy atom. The smallest absolute Gasteiger partial charge is 0.343 e. The van der Waals surface area contributed by atoms with Gasteiger partial charge in [0.15, 0.2) is 16.9 Å². The van der Waals surface area contributed by atoms with Gasteiger partial charge in [-0.15, -0.1) is 0 Å². The maximum absolute atomic E-state index is 12.6. The van der Waals surface area contributed by atoms with Crippen LogP contribution >= 0.6 is 11.6 Å². The number of hydrogen-bond acceptors (Lipinski definition) is 6. The Kier molecular flexibility index (Phi) is 5.64. The van der Waals surface area contributed by atoms with Crippen molar-refractivity contribution in [2.45, 2.75) is 0 Å². The second-order valence-corrected chi connectivity index (χ2v) is 7.04. The molecule has 7 heteroatoms. The SMILES string of the molecule is COc1ccc(C(=O)Oc2ccc3oc(-c4ccc(Cl)cc4)cc(=O)c3c2)cc1OC. The van der Waals surface area contributed by atoms with Gasteiger partial charge in [0, 0.05) is 16.7 Å². The second kappa shape index (κ2) is 8.53. The first-order chi connectivity index (χ1) is 15.0. The molecule has 0 N–H and O–H groups in total. The van der Waals surface area contributed by atoms with Crippen molar-refractivity contribution in [1.29, 1.82) is 0 Å². The molecule has 0 aliphatic heterocycles. The number of halogens is 1. The number of hydrogen-bond donors (Lipinski definition) is 0. The first kappa shape index (κ1) is 20.5. The van der Waals surface area contributed by atoms with Crippen LogP contribution in [0.15, 0.2) is 75.9 Å². The molecule has 3 aromatic carbocycles. The van der Waals surface area contributed by atoms with E-state index in [0.717, 1.165) is 5.56 Å². The lowest BCUT2D eigenvalue weighted by atomic mass is 10.1. The maximum atomic E-state index is 12.6. The second-order valence-electron chi connectivity index (χ2n) is 6.60. The Bertz CT molecular complexity index is 1320. The zero-order valence-electron chi connectivity index (χ0n) is 16.7. The average molecular weight is 437 g/mol. The minimum atomic E-state index is -0.595. The summed E-state index contributed by atoms with van der Waals surface area (Å²) >= 11 is 5.91. The van der Waals surface area contributed by atoms with Crippen LogP contribution < -0.4 is 19.6 Å². The van der Waals surface area contributed by atoms with Gasteiger partial charge in [0.05, 0.1) is 25.2 Å². The predicted molar refractivity (Wildman–Crippen MR) is 117 cm³/mol. The molecular formula is C24H17ClO6. The van der Waals surface area contributed by atoms with Gasteiger partial charge >= 0.3 is 5.97 Å². The van der Waals surface area contributed by atoms with Crippen molar-refractivity contribution in [3.8, 4) is 28.6 Å². The van der Waals surface area contributed by atoms with E-state index in [9.17, 15) is 9.59 Å². The van der Waals surface area contributed by atoms with Crippen molar-refractivity contribution in [2.75, 3.05) is 14.2 Å². The Labute approximate surface area is 182 Å². The van der Waals surface area contributed by atoms with Gasteiger partial charge in [-0.05, 0) is 60.7 Å². The maximum Gasteiger partial charge on any atom is 0.343 e. The van der Waals surface area contributed by atoms with Crippen molar-refractivity contribution in [2.24, 2.45) is 0 Å². The van der Waals surface area contributed by atoms with Gasteiger partial charge in [0.25, 0.3) is 0 Å². The zero-order chi connectivity index (χ0) is 22.0. The Balaban J connectivity index is 1.63. The highest BCUT2D eigenvalue weighted by Gasteiger charge is 2.14. The number of ether oxygens (including phenoxy) is 3. The number of fused-ring (bicyclic) bond motifs is 1. The summed E-state index contributed by atoms with van der Waals surface area (Å²) in [4.78, 5) is 25.2. The third kappa shape index (κ3) is 4.25. The predicted octanol–water partition coefficient (Wildman–Crippen LogP) is 5.35. The first-order valence-electron chi connectivity index (χ1n) is 9.26. The summed E-state index contributed by atoms with van der Waals surface area (Å²) < 4.78 is 21.7. The Morgan fingerprint density at radius 2 is 1.61 bits per heavy atom. The molecule has 4 rings (SSSR count). The lowest BCUT2D eigenvalue weighted by Gasteiger charge is -2.10. The summed E-state index contributed by atoms with van der Waals surface area (Å²) in [5.41, 5.74) is 1.13. The van der Waals surface area contributed by atoms with Crippen LogP contribution in [0.25, 0.3) is 22.3 Å². The van der Waals surface area contributed by atoms with Crippen LogP contribution in [0.1, 0.15) is 10.4 Å². The molecule has 0 spiro atoms. The van der Waals surface area contributed by atoms with E-state index in [4.69, 9.17) is 30.2 Å². The Morgan fingerprint density at radius 1 is 0.871 bits per heavy atom. The molecule has 0 aliphatic rings. The van der Waals surface area contributed by atoms with E-state index in [1.54, 1.807) is 48.5 Å². The van der Waals surface area contributed by atoms with Gasteiger partial charge in [-0.1, -0.05) is 11.6 Å². The molecule has 0 bridgehead atoms. The third-order valence-electron chi connectivity index (χ3n) is 4.66. The van der Waals surface area contributed by atoms with Crippen LogP contribution in [0.3, 0.4) is 0 Å². The average Bonchev–Trinajstić information content (AvgIpc) is 2.79. The number of rotatable bonds is 5. The quantitative estimate of drug-likeness (QED) is 0.310. The minimum absolute atomic E-state index is 0.221. The molecule has 0 unspecified atom stereocenters. The molecule has 4 aromatic rings. The lowest BCUT2D eigenvalue weighted by molar-refractivity contribution is 0.0734. The highest BCUT2D eigenvalue weighted by molar-refractivity contribution is 6.30. The fraction of sp³-hybridized carbons (Fsp3) is 0.0833. The van der Waals surface area contributed by atoms with Crippen molar-refractivity contribution in [1.82, 2.24) is 0 Å². The van der Waals surface area contributed by atoms with Gasteiger partial charge in [0.2, 0.25) is 0 Å². The van der Waals surface area contributed by atoms with Gasteiger partial charge in [-0.2, -0.15) is 0 Å². The van der Waals surface area contributed by atoms with Crippen molar-refractivity contribution in [3.05, 3.63) is 87.5 Å². The molecule has 1 heterocycles. The minimum Gasteiger partial charge on any atom is -0.493 e. The monoisotopic (exact) mass is 436 g/mol. The Hall–Kier alpha value is -3.77.